The van der Waals surface area contributed by atoms with Crippen molar-refractivity contribution in [2.75, 3.05) is 11.4 Å². The number of rotatable bonds is 3. The molecule has 32 heavy (non-hydrogen) atoms. The maximum atomic E-state index is 13.6. The van der Waals surface area contributed by atoms with Crippen molar-refractivity contribution in [1.82, 2.24) is 4.90 Å². The van der Waals surface area contributed by atoms with Gasteiger partial charge in [0.15, 0.2) is 0 Å². The molecule has 5 rings (SSSR count). The van der Waals surface area contributed by atoms with Crippen LogP contribution in [0.5, 0.6) is 0 Å². The maximum Gasteiger partial charge on any atom is 0.273 e. The lowest BCUT2D eigenvalue weighted by Gasteiger charge is -2.26. The van der Waals surface area contributed by atoms with Crippen LogP contribution in [0.4, 0.5) is 5.69 Å². The molecule has 0 saturated heterocycles. The number of hydrogen-bond acceptors (Lipinski definition) is 5. The van der Waals surface area contributed by atoms with Crippen LogP contribution in [0.15, 0.2) is 83.9 Å². The molecule has 154 valence electrons. The van der Waals surface area contributed by atoms with Crippen LogP contribution in [0.3, 0.4) is 0 Å². The van der Waals surface area contributed by atoms with Gasteiger partial charge < -0.3 is 0 Å². The zero-order valence-corrected chi connectivity index (χ0v) is 16.8. The molecule has 0 fully saturated rings. The molecule has 3 aromatic rings. The number of carbonyl (C=O) groups is 3. The van der Waals surface area contributed by atoms with E-state index in [9.17, 15) is 19.6 Å². The van der Waals surface area contributed by atoms with Crippen molar-refractivity contribution in [2.24, 2.45) is 4.99 Å². The first kappa shape index (κ1) is 19.4. The van der Waals surface area contributed by atoms with Gasteiger partial charge >= 0.3 is 0 Å². The Labute approximate surface area is 183 Å². The topological polar surface area (TPSA) is 93.8 Å². The third-order valence-corrected chi connectivity index (χ3v) is 5.53. The monoisotopic (exact) mass is 420 g/mol. The molecular formula is C25H16N4O3. The Bertz CT molecular complexity index is 1310. The number of aliphatic imine (C=N–C) groups is 1. The van der Waals surface area contributed by atoms with Gasteiger partial charge in [0, 0.05) is 11.1 Å². The Balaban J connectivity index is 1.73. The van der Waals surface area contributed by atoms with Crippen LogP contribution in [0.25, 0.3) is 0 Å². The second kappa shape index (κ2) is 7.60. The fourth-order valence-electron chi connectivity index (χ4n) is 4.07. The van der Waals surface area contributed by atoms with Crippen molar-refractivity contribution >= 4 is 29.1 Å². The molecule has 7 nitrogen and oxygen atoms in total. The fraction of sp³-hybridized carbons (Fsp3) is 0.0800. The van der Waals surface area contributed by atoms with Gasteiger partial charge in [-0.15, -0.1) is 0 Å². The van der Waals surface area contributed by atoms with Crippen molar-refractivity contribution in [3.63, 3.8) is 0 Å². The zero-order chi connectivity index (χ0) is 22.2. The number of carbonyl (C=O) groups excluding carboxylic acids is 3. The van der Waals surface area contributed by atoms with E-state index in [1.54, 1.807) is 36.4 Å². The molecule has 0 spiro atoms. The van der Waals surface area contributed by atoms with E-state index in [4.69, 9.17) is 0 Å². The standard InChI is InChI=1S/C25H16N4O3/c26-14-15-28-20-13-7-6-12-19(20)21(16-8-2-1-3-9-16)27-22(25(28)32)29-23(30)17-10-4-5-11-18(17)24(29)31/h1-13,22H,15H2. The van der Waals surface area contributed by atoms with E-state index in [2.05, 4.69) is 4.99 Å². The summed E-state index contributed by atoms with van der Waals surface area (Å²) in [5.74, 6) is -1.77. The van der Waals surface area contributed by atoms with Crippen LogP contribution in [-0.4, -0.2) is 41.0 Å². The first-order valence-electron chi connectivity index (χ1n) is 9.99. The molecule has 0 aliphatic carbocycles. The molecule has 1 unspecified atom stereocenters. The average Bonchev–Trinajstić information content (AvgIpc) is 3.01. The molecular weight excluding hydrogens is 404 g/mol. The molecule has 1 atom stereocenters. The van der Waals surface area contributed by atoms with Gasteiger partial charge in [0.2, 0.25) is 6.17 Å². The number of anilines is 1. The largest absolute Gasteiger partial charge is 0.294 e. The number of fused-ring (bicyclic) bond motifs is 2. The van der Waals surface area contributed by atoms with Gasteiger partial charge in [-0.1, -0.05) is 60.7 Å². The molecule has 2 aliphatic rings. The smallest absolute Gasteiger partial charge is 0.273 e. The molecule has 2 aliphatic heterocycles. The highest BCUT2D eigenvalue weighted by molar-refractivity contribution is 6.25. The second-order valence-electron chi connectivity index (χ2n) is 7.34. The minimum atomic E-state index is -1.43. The van der Waals surface area contributed by atoms with Gasteiger partial charge in [0.1, 0.15) is 6.54 Å². The van der Waals surface area contributed by atoms with Gasteiger partial charge in [0.05, 0.1) is 28.6 Å². The van der Waals surface area contributed by atoms with Gasteiger partial charge in [-0.3, -0.25) is 19.3 Å². The van der Waals surface area contributed by atoms with Crippen molar-refractivity contribution in [2.45, 2.75) is 6.17 Å². The third kappa shape index (κ3) is 2.89. The Kier molecular flexibility index (Phi) is 4.61. The molecule has 7 heteroatoms. The number of imide groups is 1. The van der Waals surface area contributed by atoms with E-state index in [0.29, 0.717) is 17.0 Å². The summed E-state index contributed by atoms with van der Waals surface area (Å²) in [5, 5.41) is 9.41. The van der Waals surface area contributed by atoms with Crippen LogP contribution in [0.2, 0.25) is 0 Å². The van der Waals surface area contributed by atoms with E-state index in [1.165, 1.54) is 4.90 Å². The second-order valence-corrected chi connectivity index (χ2v) is 7.34. The lowest BCUT2D eigenvalue weighted by Crippen LogP contribution is -2.50. The van der Waals surface area contributed by atoms with Gasteiger partial charge in [-0.05, 0) is 18.2 Å². The molecule has 0 saturated carbocycles. The number of nitriles is 1. The summed E-state index contributed by atoms with van der Waals surface area (Å²) >= 11 is 0. The summed E-state index contributed by atoms with van der Waals surface area (Å²) in [4.78, 5) is 46.8. The summed E-state index contributed by atoms with van der Waals surface area (Å²) in [7, 11) is 0. The highest BCUT2D eigenvalue weighted by Crippen LogP contribution is 2.32. The van der Waals surface area contributed by atoms with Crippen LogP contribution >= 0.6 is 0 Å². The third-order valence-electron chi connectivity index (χ3n) is 5.53. The van der Waals surface area contributed by atoms with Crippen LogP contribution in [-0.2, 0) is 4.79 Å². The molecule has 3 amide bonds. The highest BCUT2D eigenvalue weighted by atomic mass is 16.2. The number of amides is 3. The fourth-order valence-corrected chi connectivity index (χ4v) is 4.07. The van der Waals surface area contributed by atoms with Gasteiger partial charge in [-0.25, -0.2) is 9.89 Å². The summed E-state index contributed by atoms with van der Waals surface area (Å²) < 4.78 is 0. The van der Waals surface area contributed by atoms with E-state index in [-0.39, 0.29) is 17.7 Å². The number of hydrogen-bond donors (Lipinski definition) is 0. The first-order valence-corrected chi connectivity index (χ1v) is 9.99. The zero-order valence-electron chi connectivity index (χ0n) is 16.8. The van der Waals surface area contributed by atoms with E-state index >= 15 is 0 Å². The quantitative estimate of drug-likeness (QED) is 0.481. The van der Waals surface area contributed by atoms with Gasteiger partial charge in [0.25, 0.3) is 17.7 Å². The highest BCUT2D eigenvalue weighted by Gasteiger charge is 2.45. The van der Waals surface area contributed by atoms with Gasteiger partial charge in [-0.2, -0.15) is 5.26 Å². The van der Waals surface area contributed by atoms with E-state index in [0.717, 1.165) is 10.5 Å². The predicted octanol–water partition coefficient (Wildman–Crippen LogP) is 3.02. The number of nitrogens with zero attached hydrogens (tertiary/aromatic N) is 4. The van der Waals surface area contributed by atoms with Crippen LogP contribution in [0.1, 0.15) is 31.8 Å². The Morgan fingerprint density at radius 3 is 1.97 bits per heavy atom. The average molecular weight is 420 g/mol. The summed E-state index contributed by atoms with van der Waals surface area (Å²) in [6, 6.07) is 24.8. The molecule has 0 bridgehead atoms. The van der Waals surface area contributed by atoms with Crippen molar-refractivity contribution < 1.29 is 14.4 Å². The molecule has 0 N–H and O–H groups in total. The summed E-state index contributed by atoms with van der Waals surface area (Å²) in [6.45, 7) is -0.243. The number of benzene rings is 3. The molecule has 2 heterocycles. The lowest BCUT2D eigenvalue weighted by atomic mass is 10.0. The Morgan fingerprint density at radius 1 is 0.781 bits per heavy atom. The minimum Gasteiger partial charge on any atom is -0.294 e. The molecule has 0 radical (unpaired) electrons. The van der Waals surface area contributed by atoms with Crippen LogP contribution in [0, 0.1) is 11.3 Å². The normalized spacial score (nSPS) is 17.4. The predicted molar refractivity (Wildman–Crippen MR) is 117 cm³/mol. The van der Waals surface area contributed by atoms with Crippen molar-refractivity contribution in [3.05, 3.63) is 101 Å². The number of benzodiazepines with no additional fused rings is 1. The summed E-state index contributed by atoms with van der Waals surface area (Å²) in [5.41, 5.74) is 2.80. The first-order chi connectivity index (χ1) is 15.6. The molecule has 3 aromatic carbocycles. The van der Waals surface area contributed by atoms with Crippen molar-refractivity contribution in [3.8, 4) is 6.07 Å². The Hall–Kier alpha value is -4.57. The lowest BCUT2D eigenvalue weighted by molar-refractivity contribution is -0.122. The maximum absolute atomic E-state index is 13.6. The SMILES string of the molecule is N#CCN1C(=O)C(N2C(=O)c3ccccc3C2=O)N=C(c2ccccc2)c2ccccc21. The molecule has 0 aromatic heterocycles. The number of para-hydroxylation sites is 1. The van der Waals surface area contributed by atoms with E-state index < -0.39 is 23.9 Å². The van der Waals surface area contributed by atoms with Crippen LogP contribution < -0.4 is 4.90 Å². The minimum absolute atomic E-state index is 0.232. The van der Waals surface area contributed by atoms with Crippen molar-refractivity contribution in [1.29, 1.82) is 5.26 Å². The van der Waals surface area contributed by atoms with E-state index in [1.807, 2.05) is 48.5 Å². The summed E-state index contributed by atoms with van der Waals surface area (Å²) in [6.07, 6.45) is -1.43. The Morgan fingerprint density at radius 2 is 1.34 bits per heavy atom.